The van der Waals surface area contributed by atoms with E-state index in [1.165, 1.54) is 6.21 Å². The van der Waals surface area contributed by atoms with Gasteiger partial charge in [-0.15, -0.1) is 0 Å². The number of nitrogens with zero attached hydrogens (tertiary/aromatic N) is 1. The van der Waals surface area contributed by atoms with E-state index in [-0.39, 0.29) is 13.3 Å². The predicted molar refractivity (Wildman–Crippen MR) is 106 cm³/mol. The van der Waals surface area contributed by atoms with E-state index < -0.39 is 11.8 Å². The lowest BCUT2D eigenvalue weighted by Crippen LogP contribution is -2.34. The number of fused-ring (bicyclic) bond motifs is 1. The second-order valence-electron chi connectivity index (χ2n) is 5.67. The summed E-state index contributed by atoms with van der Waals surface area (Å²) in [5.74, 6) is 0.978. The third-order valence-corrected chi connectivity index (χ3v) is 4.32. The van der Waals surface area contributed by atoms with Crippen LogP contribution in [0.3, 0.4) is 0 Å². The van der Waals surface area contributed by atoms with Gasteiger partial charge in [-0.2, -0.15) is 5.10 Å². The highest BCUT2D eigenvalue weighted by Crippen LogP contribution is 2.32. The Morgan fingerprint density at radius 2 is 2.04 bits per heavy atom. The Morgan fingerprint density at radius 1 is 1.21 bits per heavy atom. The zero-order chi connectivity index (χ0) is 19.9. The summed E-state index contributed by atoms with van der Waals surface area (Å²) in [5.41, 5.74) is 3.52. The highest BCUT2D eigenvalue weighted by atomic mass is 79.9. The number of rotatable bonds is 7. The largest absolute Gasteiger partial charge is 0.493 e. The smallest absolute Gasteiger partial charge is 0.259 e. The number of hydrogen-bond donors (Lipinski definition) is 2. The zero-order valence-electron chi connectivity index (χ0n) is 15.0. The number of carbonyl (C=O) groups excluding carboxylic acids is 2. The van der Waals surface area contributed by atoms with Gasteiger partial charge in [-0.3, -0.25) is 9.59 Å². The van der Waals surface area contributed by atoms with E-state index >= 15 is 0 Å². The van der Waals surface area contributed by atoms with Crippen LogP contribution in [-0.2, 0) is 4.79 Å². The van der Waals surface area contributed by atoms with Crippen LogP contribution in [0, 0.1) is 0 Å². The number of carbonyl (C=O) groups is 2. The van der Waals surface area contributed by atoms with Crippen molar-refractivity contribution in [2.24, 2.45) is 5.10 Å². The van der Waals surface area contributed by atoms with Gasteiger partial charge in [-0.25, -0.2) is 5.43 Å². The quantitative estimate of drug-likeness (QED) is 0.501. The minimum atomic E-state index is -0.449. The van der Waals surface area contributed by atoms with Crippen LogP contribution in [-0.4, -0.2) is 38.0 Å². The maximum atomic E-state index is 12.1. The fourth-order valence-electron chi connectivity index (χ4n) is 2.39. The molecule has 2 N–H and O–H groups in total. The Balaban J connectivity index is 1.47. The molecule has 2 aromatic carbocycles. The Labute approximate surface area is 170 Å². The van der Waals surface area contributed by atoms with Gasteiger partial charge in [0.05, 0.1) is 23.8 Å². The number of ether oxygens (including phenoxy) is 3. The first kappa shape index (κ1) is 19.7. The Bertz CT molecular complexity index is 916. The van der Waals surface area contributed by atoms with Crippen molar-refractivity contribution in [3.05, 3.63) is 52.0 Å². The van der Waals surface area contributed by atoms with Crippen molar-refractivity contribution in [2.75, 3.05) is 19.9 Å². The van der Waals surface area contributed by atoms with Crippen LogP contribution in [0.1, 0.15) is 22.8 Å². The van der Waals surface area contributed by atoms with Gasteiger partial charge < -0.3 is 19.5 Å². The van der Waals surface area contributed by atoms with Crippen molar-refractivity contribution in [1.29, 1.82) is 0 Å². The summed E-state index contributed by atoms with van der Waals surface area (Å²) in [6.45, 7) is 2.39. The van der Waals surface area contributed by atoms with Crippen molar-refractivity contribution in [1.82, 2.24) is 10.7 Å². The molecule has 0 radical (unpaired) electrons. The average Bonchev–Trinajstić information content (AvgIpc) is 3.16. The van der Waals surface area contributed by atoms with E-state index in [0.717, 1.165) is 15.8 Å². The van der Waals surface area contributed by atoms with Gasteiger partial charge in [0.15, 0.2) is 11.5 Å². The fraction of sp³-hybridized carbons (Fsp3) is 0.211. The Morgan fingerprint density at radius 3 is 2.82 bits per heavy atom. The lowest BCUT2D eigenvalue weighted by atomic mass is 10.2. The van der Waals surface area contributed by atoms with Gasteiger partial charge in [-0.05, 0) is 64.8 Å². The zero-order valence-corrected chi connectivity index (χ0v) is 16.6. The molecule has 0 saturated carbocycles. The van der Waals surface area contributed by atoms with E-state index in [1.807, 2.05) is 25.1 Å². The van der Waals surface area contributed by atoms with Gasteiger partial charge in [0.25, 0.3) is 11.8 Å². The predicted octanol–water partition coefficient (Wildman–Crippen LogP) is 2.46. The van der Waals surface area contributed by atoms with Crippen molar-refractivity contribution in [3.63, 3.8) is 0 Å². The highest BCUT2D eigenvalue weighted by Gasteiger charge is 2.16. The molecule has 146 valence electrons. The van der Waals surface area contributed by atoms with E-state index in [0.29, 0.717) is 23.7 Å². The van der Waals surface area contributed by atoms with Crippen molar-refractivity contribution < 1.29 is 23.8 Å². The molecule has 3 rings (SSSR count). The second-order valence-corrected chi connectivity index (χ2v) is 6.52. The van der Waals surface area contributed by atoms with Crippen LogP contribution in [0.2, 0.25) is 0 Å². The lowest BCUT2D eigenvalue weighted by molar-refractivity contribution is -0.120. The van der Waals surface area contributed by atoms with Crippen LogP contribution in [0.25, 0.3) is 0 Å². The SMILES string of the molecule is CCOc1ccc(/C=N/NC(=O)CNC(=O)c2ccc3c(c2)OCO3)cc1Br. The fourth-order valence-corrected chi connectivity index (χ4v) is 2.90. The highest BCUT2D eigenvalue weighted by molar-refractivity contribution is 9.10. The van der Waals surface area contributed by atoms with Gasteiger partial charge in [0.2, 0.25) is 6.79 Å². The first-order valence-electron chi connectivity index (χ1n) is 8.49. The number of amides is 2. The molecule has 9 heteroatoms. The molecule has 0 fully saturated rings. The van der Waals surface area contributed by atoms with Crippen molar-refractivity contribution >= 4 is 34.0 Å². The van der Waals surface area contributed by atoms with Gasteiger partial charge in [0.1, 0.15) is 5.75 Å². The Hall–Kier alpha value is -3.07. The monoisotopic (exact) mass is 447 g/mol. The molecule has 1 aliphatic heterocycles. The van der Waals surface area contributed by atoms with Crippen molar-refractivity contribution in [2.45, 2.75) is 6.92 Å². The molecule has 0 atom stereocenters. The molecule has 0 aromatic heterocycles. The minimum absolute atomic E-state index is 0.131. The summed E-state index contributed by atoms with van der Waals surface area (Å²) in [6, 6.07) is 10.3. The van der Waals surface area contributed by atoms with Gasteiger partial charge >= 0.3 is 0 Å². The van der Waals surface area contributed by atoms with Gasteiger partial charge in [0, 0.05) is 5.56 Å². The number of hydrazone groups is 1. The third kappa shape index (κ3) is 5.01. The molecule has 0 aliphatic carbocycles. The van der Waals surface area contributed by atoms with Crippen LogP contribution >= 0.6 is 15.9 Å². The molecule has 8 nitrogen and oxygen atoms in total. The van der Waals surface area contributed by atoms with E-state index in [4.69, 9.17) is 14.2 Å². The molecule has 2 aromatic rings. The standard InChI is InChI=1S/C19H18BrN3O5/c1-2-26-15-5-3-12(7-14(15)20)9-22-23-18(24)10-21-19(25)13-4-6-16-17(8-13)28-11-27-16/h3-9H,2,10-11H2,1H3,(H,21,25)(H,23,24)/b22-9+. The summed E-state index contributed by atoms with van der Waals surface area (Å²) in [5, 5.41) is 6.41. The van der Waals surface area contributed by atoms with E-state index in [1.54, 1.807) is 18.2 Å². The van der Waals surface area contributed by atoms with Crippen LogP contribution < -0.4 is 25.0 Å². The number of halogens is 1. The molecule has 1 aliphatic rings. The summed E-state index contributed by atoms with van der Waals surface area (Å²) in [4.78, 5) is 24.0. The summed E-state index contributed by atoms with van der Waals surface area (Å²) < 4.78 is 16.6. The summed E-state index contributed by atoms with van der Waals surface area (Å²) in [7, 11) is 0. The molecule has 0 saturated heterocycles. The second kappa shape index (κ2) is 9.23. The van der Waals surface area contributed by atoms with Crippen molar-refractivity contribution in [3.8, 4) is 17.2 Å². The van der Waals surface area contributed by atoms with Crippen LogP contribution in [0.15, 0.2) is 46.0 Å². The summed E-state index contributed by atoms with van der Waals surface area (Å²) in [6.07, 6.45) is 1.50. The maximum absolute atomic E-state index is 12.1. The molecule has 28 heavy (non-hydrogen) atoms. The number of hydrogen-bond acceptors (Lipinski definition) is 6. The molecule has 2 amide bonds. The topological polar surface area (TPSA) is 98.2 Å². The van der Waals surface area contributed by atoms with Crippen LogP contribution in [0.5, 0.6) is 17.2 Å². The third-order valence-electron chi connectivity index (χ3n) is 3.70. The van der Waals surface area contributed by atoms with E-state index in [9.17, 15) is 9.59 Å². The molecular formula is C19H18BrN3O5. The molecule has 0 spiro atoms. The first-order chi connectivity index (χ1) is 13.6. The lowest BCUT2D eigenvalue weighted by Gasteiger charge is -2.06. The Kier molecular flexibility index (Phi) is 6.49. The molecule has 1 heterocycles. The average molecular weight is 448 g/mol. The molecule has 0 bridgehead atoms. The number of nitrogens with one attached hydrogen (secondary N) is 2. The van der Waals surface area contributed by atoms with Crippen LogP contribution in [0.4, 0.5) is 0 Å². The minimum Gasteiger partial charge on any atom is -0.493 e. The molecule has 0 unspecified atom stereocenters. The normalized spacial score (nSPS) is 12.1. The number of benzene rings is 2. The van der Waals surface area contributed by atoms with Gasteiger partial charge in [-0.1, -0.05) is 0 Å². The maximum Gasteiger partial charge on any atom is 0.259 e. The summed E-state index contributed by atoms with van der Waals surface area (Å²) >= 11 is 3.41. The molecular weight excluding hydrogens is 430 g/mol. The first-order valence-corrected chi connectivity index (χ1v) is 9.28. The van der Waals surface area contributed by atoms with E-state index in [2.05, 4.69) is 31.8 Å².